The molecule has 0 aliphatic heterocycles. The third-order valence-electron chi connectivity index (χ3n) is 4.84. The molecule has 0 unspecified atom stereocenters. The predicted molar refractivity (Wildman–Crippen MR) is 100 cm³/mol. The molecule has 1 rings (SSSR count). The summed E-state index contributed by atoms with van der Waals surface area (Å²) in [5.74, 6) is 0.439. The monoisotopic (exact) mass is 330 g/mol. The number of carbonyl (C=O) groups is 1. The van der Waals surface area contributed by atoms with Gasteiger partial charge in [-0.1, -0.05) is 65.2 Å². The van der Waals surface area contributed by atoms with Gasteiger partial charge in [0, 0.05) is 13.1 Å². The molecular weight excluding hydrogens is 296 g/mol. The minimum atomic E-state index is -0.113. The average molecular weight is 331 g/mol. The van der Waals surface area contributed by atoms with E-state index in [1.165, 1.54) is 19.3 Å². The van der Waals surface area contributed by atoms with Gasteiger partial charge >= 0.3 is 0 Å². The summed E-state index contributed by atoms with van der Waals surface area (Å²) in [5, 5.41) is 9.41. The van der Waals surface area contributed by atoms with Crippen LogP contribution in [0, 0.1) is 22.7 Å². The lowest BCUT2D eigenvalue weighted by Gasteiger charge is -2.31. The van der Waals surface area contributed by atoms with Crippen molar-refractivity contribution in [3.63, 3.8) is 0 Å². The van der Waals surface area contributed by atoms with Gasteiger partial charge in [-0.2, -0.15) is 5.26 Å². The molecule has 0 radical (unpaired) electrons. The van der Waals surface area contributed by atoms with E-state index in [-0.39, 0.29) is 11.3 Å². The fraction of sp³-hybridized carbons (Fsp3) is 0.714. The Morgan fingerprint density at radius 3 is 2.42 bits per heavy atom. The number of hydrogen-bond acceptors (Lipinski definition) is 2. The SMILES string of the molecule is CC(C)/C=C/CC(C)(C)C/C=C(\C#N)C(=O)N(C)C1CCCCC1. The Morgan fingerprint density at radius 2 is 1.88 bits per heavy atom. The van der Waals surface area contributed by atoms with Gasteiger partial charge < -0.3 is 4.90 Å². The quantitative estimate of drug-likeness (QED) is 0.364. The van der Waals surface area contributed by atoms with Gasteiger partial charge in [-0.05, 0) is 37.0 Å². The normalized spacial score (nSPS) is 17.3. The van der Waals surface area contributed by atoms with Crippen molar-refractivity contribution in [1.29, 1.82) is 5.26 Å². The van der Waals surface area contributed by atoms with Gasteiger partial charge in [0.15, 0.2) is 0 Å². The van der Waals surface area contributed by atoms with Crippen molar-refractivity contribution in [2.45, 2.75) is 78.7 Å². The lowest BCUT2D eigenvalue weighted by atomic mass is 9.84. The van der Waals surface area contributed by atoms with E-state index in [1.54, 1.807) is 4.90 Å². The number of hydrogen-bond donors (Lipinski definition) is 0. The zero-order chi connectivity index (χ0) is 18.2. The number of nitriles is 1. The summed E-state index contributed by atoms with van der Waals surface area (Å²) in [6.45, 7) is 8.69. The zero-order valence-corrected chi connectivity index (χ0v) is 16.1. The van der Waals surface area contributed by atoms with Crippen LogP contribution in [-0.2, 0) is 4.79 Å². The molecule has 0 bridgehead atoms. The summed E-state index contributed by atoms with van der Waals surface area (Å²) in [7, 11) is 1.85. The van der Waals surface area contributed by atoms with Crippen LogP contribution in [0.2, 0.25) is 0 Å². The van der Waals surface area contributed by atoms with Crippen molar-refractivity contribution in [2.24, 2.45) is 11.3 Å². The van der Waals surface area contributed by atoms with E-state index in [0.29, 0.717) is 17.5 Å². The molecule has 24 heavy (non-hydrogen) atoms. The molecular formula is C21H34N2O. The number of allylic oxidation sites excluding steroid dienone is 3. The Morgan fingerprint density at radius 1 is 1.25 bits per heavy atom. The molecule has 1 amide bonds. The maximum atomic E-state index is 12.6. The molecule has 0 aromatic carbocycles. The molecule has 3 nitrogen and oxygen atoms in total. The molecule has 0 saturated heterocycles. The van der Waals surface area contributed by atoms with Crippen LogP contribution in [0.5, 0.6) is 0 Å². The fourth-order valence-corrected chi connectivity index (χ4v) is 3.13. The summed E-state index contributed by atoms with van der Waals surface area (Å²) >= 11 is 0. The van der Waals surface area contributed by atoms with E-state index in [2.05, 4.69) is 45.9 Å². The molecule has 0 heterocycles. The first-order valence-corrected chi connectivity index (χ1v) is 9.31. The largest absolute Gasteiger partial charge is 0.338 e. The predicted octanol–water partition coefficient (Wildman–Crippen LogP) is 5.25. The van der Waals surface area contributed by atoms with Gasteiger partial charge in [-0.15, -0.1) is 0 Å². The molecule has 1 fully saturated rings. The Hall–Kier alpha value is -1.56. The first kappa shape index (κ1) is 20.5. The van der Waals surface area contributed by atoms with Gasteiger partial charge in [0.1, 0.15) is 11.6 Å². The molecule has 0 aromatic heterocycles. The van der Waals surface area contributed by atoms with Crippen LogP contribution in [0.3, 0.4) is 0 Å². The van der Waals surface area contributed by atoms with Crippen LogP contribution >= 0.6 is 0 Å². The smallest absolute Gasteiger partial charge is 0.264 e. The van der Waals surface area contributed by atoms with E-state index < -0.39 is 0 Å². The van der Waals surface area contributed by atoms with Crippen molar-refractivity contribution < 1.29 is 4.79 Å². The molecule has 0 aromatic rings. The fourth-order valence-electron chi connectivity index (χ4n) is 3.13. The molecule has 1 aliphatic carbocycles. The second kappa shape index (κ2) is 9.67. The zero-order valence-electron chi connectivity index (χ0n) is 16.1. The molecule has 3 heteroatoms. The molecule has 1 aliphatic rings. The topological polar surface area (TPSA) is 44.1 Å². The highest BCUT2D eigenvalue weighted by Crippen LogP contribution is 2.28. The van der Waals surface area contributed by atoms with Gasteiger partial charge in [0.2, 0.25) is 0 Å². The first-order valence-electron chi connectivity index (χ1n) is 9.31. The summed E-state index contributed by atoms with van der Waals surface area (Å²) in [5.41, 5.74) is 0.348. The third kappa shape index (κ3) is 6.91. The highest BCUT2D eigenvalue weighted by molar-refractivity contribution is 5.97. The van der Waals surface area contributed by atoms with Gasteiger partial charge in [0.05, 0.1) is 0 Å². The molecule has 134 valence electrons. The minimum absolute atomic E-state index is 0.0528. The number of likely N-dealkylation sites (N-methyl/N-ethyl adjacent to an activating group) is 1. The highest BCUT2D eigenvalue weighted by Gasteiger charge is 2.25. The summed E-state index contributed by atoms with van der Waals surface area (Å²) < 4.78 is 0. The number of amides is 1. The summed E-state index contributed by atoms with van der Waals surface area (Å²) in [6.07, 6.45) is 13.7. The third-order valence-corrected chi connectivity index (χ3v) is 4.84. The summed E-state index contributed by atoms with van der Waals surface area (Å²) in [4.78, 5) is 14.4. The van der Waals surface area contributed by atoms with E-state index in [9.17, 15) is 10.1 Å². The number of carbonyl (C=O) groups excluding carboxylic acids is 1. The lowest BCUT2D eigenvalue weighted by Crippen LogP contribution is -2.39. The van der Waals surface area contributed by atoms with Crippen LogP contribution in [0.4, 0.5) is 0 Å². The van der Waals surface area contributed by atoms with Crippen LogP contribution in [0.15, 0.2) is 23.8 Å². The molecule has 0 spiro atoms. The summed E-state index contributed by atoms with van der Waals surface area (Å²) in [6, 6.07) is 2.42. The maximum absolute atomic E-state index is 12.6. The molecule has 0 N–H and O–H groups in total. The molecule has 1 saturated carbocycles. The second-order valence-corrected chi connectivity index (χ2v) is 8.18. The van der Waals surface area contributed by atoms with Crippen LogP contribution in [-0.4, -0.2) is 23.9 Å². The van der Waals surface area contributed by atoms with Crippen molar-refractivity contribution in [2.75, 3.05) is 7.05 Å². The van der Waals surface area contributed by atoms with Crippen molar-refractivity contribution in [3.8, 4) is 6.07 Å². The Labute approximate surface area is 148 Å². The van der Waals surface area contributed by atoms with E-state index in [1.807, 2.05) is 13.1 Å². The van der Waals surface area contributed by atoms with Gasteiger partial charge in [-0.25, -0.2) is 0 Å². The van der Waals surface area contributed by atoms with Crippen molar-refractivity contribution >= 4 is 5.91 Å². The Balaban J connectivity index is 2.68. The standard InChI is InChI=1S/C21H34N2O/c1-17(2)10-9-14-21(3,4)15-13-18(16-22)20(24)23(5)19-11-7-6-8-12-19/h9-10,13,17,19H,6-8,11-12,14-15H2,1-5H3/b10-9+,18-13+. The van der Waals surface area contributed by atoms with Crippen molar-refractivity contribution in [3.05, 3.63) is 23.8 Å². The van der Waals surface area contributed by atoms with Crippen molar-refractivity contribution in [1.82, 2.24) is 4.90 Å². The van der Waals surface area contributed by atoms with Gasteiger partial charge in [-0.3, -0.25) is 4.79 Å². The van der Waals surface area contributed by atoms with E-state index >= 15 is 0 Å². The van der Waals surface area contributed by atoms with Crippen LogP contribution in [0.25, 0.3) is 0 Å². The number of nitrogens with zero attached hydrogens (tertiary/aromatic N) is 2. The van der Waals surface area contributed by atoms with Gasteiger partial charge in [0.25, 0.3) is 5.91 Å². The average Bonchev–Trinajstić information content (AvgIpc) is 2.54. The maximum Gasteiger partial charge on any atom is 0.264 e. The van der Waals surface area contributed by atoms with E-state index in [4.69, 9.17) is 0 Å². The van der Waals surface area contributed by atoms with Crippen LogP contribution < -0.4 is 0 Å². The van der Waals surface area contributed by atoms with Crippen LogP contribution in [0.1, 0.15) is 72.6 Å². The Bertz CT molecular complexity index is 502. The lowest BCUT2D eigenvalue weighted by molar-refractivity contribution is -0.128. The first-order chi connectivity index (χ1) is 11.3. The van der Waals surface area contributed by atoms with E-state index in [0.717, 1.165) is 25.7 Å². The number of rotatable bonds is 7. The minimum Gasteiger partial charge on any atom is -0.338 e. The highest BCUT2D eigenvalue weighted by atomic mass is 16.2. The Kier molecular flexibility index (Phi) is 8.25. The molecule has 0 atom stereocenters. The second-order valence-electron chi connectivity index (χ2n) is 8.18.